The molecule has 0 aromatic heterocycles. The number of nitrogens with zero attached hydrogens (tertiary/aromatic N) is 3. The summed E-state index contributed by atoms with van der Waals surface area (Å²) in [5.41, 5.74) is 3.38. The van der Waals surface area contributed by atoms with E-state index < -0.39 is 5.66 Å². The Hall–Kier alpha value is -3.47. The second kappa shape index (κ2) is 8.11. The molecule has 30 heavy (non-hydrogen) atoms. The summed E-state index contributed by atoms with van der Waals surface area (Å²) >= 11 is 0. The Balaban J connectivity index is 1.34. The van der Waals surface area contributed by atoms with Crippen molar-refractivity contribution >= 4 is 23.4 Å². The molecule has 1 fully saturated rings. The Labute approximate surface area is 174 Å². The number of amides is 3. The van der Waals surface area contributed by atoms with Crippen LogP contribution in [0.4, 0.5) is 5.69 Å². The van der Waals surface area contributed by atoms with Gasteiger partial charge in [-0.2, -0.15) is 15.2 Å². The molecular formula is C22H23N5O3. The van der Waals surface area contributed by atoms with E-state index >= 15 is 0 Å². The molecule has 0 spiro atoms. The van der Waals surface area contributed by atoms with Gasteiger partial charge in [-0.1, -0.05) is 18.2 Å². The Kier molecular flexibility index (Phi) is 5.36. The van der Waals surface area contributed by atoms with Gasteiger partial charge in [-0.05, 0) is 31.0 Å². The van der Waals surface area contributed by atoms with Crippen molar-refractivity contribution in [3.8, 4) is 12.3 Å². The highest BCUT2D eigenvalue weighted by atomic mass is 16.2. The Bertz CT molecular complexity index is 945. The maximum atomic E-state index is 12.6. The van der Waals surface area contributed by atoms with Crippen LogP contribution < -0.4 is 10.7 Å². The lowest BCUT2D eigenvalue weighted by Gasteiger charge is -2.18. The van der Waals surface area contributed by atoms with E-state index in [1.165, 1.54) is 0 Å². The molecule has 154 valence electrons. The second-order valence-corrected chi connectivity index (χ2v) is 7.75. The number of fused-ring (bicyclic) bond motifs is 1. The van der Waals surface area contributed by atoms with E-state index in [4.69, 9.17) is 6.42 Å². The Morgan fingerprint density at radius 3 is 2.50 bits per heavy atom. The van der Waals surface area contributed by atoms with Crippen molar-refractivity contribution in [3.05, 3.63) is 42.0 Å². The van der Waals surface area contributed by atoms with Gasteiger partial charge in [0.05, 0.1) is 17.5 Å². The predicted octanol–water partition coefficient (Wildman–Crippen LogP) is 2.66. The molecule has 8 nitrogen and oxygen atoms in total. The van der Waals surface area contributed by atoms with Crippen molar-refractivity contribution in [3.63, 3.8) is 0 Å². The first kappa shape index (κ1) is 19.8. The molecule has 3 aliphatic rings. The minimum Gasteiger partial charge on any atom is -0.352 e. The normalized spacial score (nSPS) is 23.1. The number of hydrogen-bond donors (Lipinski definition) is 2. The number of allylic oxidation sites excluding steroid dienone is 2. The molecular weight excluding hydrogens is 382 g/mol. The number of hydrogen-bond acceptors (Lipinski definition) is 6. The third-order valence-corrected chi connectivity index (χ3v) is 5.74. The van der Waals surface area contributed by atoms with Gasteiger partial charge in [0.2, 0.25) is 0 Å². The average Bonchev–Trinajstić information content (AvgIpc) is 3.50. The van der Waals surface area contributed by atoms with E-state index in [0.717, 1.165) is 5.01 Å². The van der Waals surface area contributed by atoms with Crippen LogP contribution in [0.15, 0.2) is 46.6 Å². The lowest BCUT2D eigenvalue weighted by atomic mass is 9.85. The van der Waals surface area contributed by atoms with Gasteiger partial charge in [0, 0.05) is 31.4 Å². The summed E-state index contributed by atoms with van der Waals surface area (Å²) in [7, 11) is 0. The van der Waals surface area contributed by atoms with Gasteiger partial charge in [0.15, 0.2) is 5.66 Å². The van der Waals surface area contributed by atoms with Crippen molar-refractivity contribution in [1.29, 1.82) is 0 Å². The van der Waals surface area contributed by atoms with Crippen molar-refractivity contribution in [2.75, 3.05) is 12.0 Å². The predicted molar refractivity (Wildman–Crippen MR) is 110 cm³/mol. The SMILES string of the molecule is C#CCCC1(CCNC(=O)c2cccc(NN3C(=O)C4CC=CCC4C3=O)c2)N=N1. The molecule has 1 aromatic carbocycles. The summed E-state index contributed by atoms with van der Waals surface area (Å²) in [6.07, 6.45) is 12.2. The van der Waals surface area contributed by atoms with Gasteiger partial charge in [-0.3, -0.25) is 19.8 Å². The van der Waals surface area contributed by atoms with E-state index in [-0.39, 0.29) is 29.6 Å². The second-order valence-electron chi connectivity index (χ2n) is 7.75. The first-order valence-corrected chi connectivity index (χ1v) is 10.1. The standard InChI is InChI=1S/C22H23N5O3/c1-2-3-11-22(25-26-22)12-13-23-19(28)15-7-6-8-16(14-15)24-27-20(29)17-9-4-5-10-18(17)21(27)30/h1,4-8,14,17-18,24H,3,9-13H2,(H,23,28). The number of nitrogens with one attached hydrogen (secondary N) is 2. The largest absolute Gasteiger partial charge is 0.352 e. The van der Waals surface area contributed by atoms with E-state index in [1.807, 2.05) is 12.2 Å². The molecule has 1 saturated heterocycles. The van der Waals surface area contributed by atoms with Crippen LogP contribution in [0.2, 0.25) is 0 Å². The van der Waals surface area contributed by atoms with E-state index in [1.54, 1.807) is 24.3 Å². The molecule has 3 amide bonds. The zero-order chi connectivity index (χ0) is 21.1. The van der Waals surface area contributed by atoms with Crippen LogP contribution in [0.1, 0.15) is 42.5 Å². The number of imide groups is 1. The fraction of sp³-hybridized carbons (Fsp3) is 0.409. The van der Waals surface area contributed by atoms with Gasteiger partial charge in [-0.15, -0.1) is 12.3 Å². The number of hydrazine groups is 1. The highest BCUT2D eigenvalue weighted by Crippen LogP contribution is 2.36. The van der Waals surface area contributed by atoms with Gasteiger partial charge >= 0.3 is 0 Å². The van der Waals surface area contributed by atoms with Gasteiger partial charge in [-0.25, -0.2) is 0 Å². The van der Waals surface area contributed by atoms with Crippen LogP contribution in [0.5, 0.6) is 0 Å². The Morgan fingerprint density at radius 1 is 1.17 bits per heavy atom. The van der Waals surface area contributed by atoms with Crippen molar-refractivity contribution in [2.45, 2.75) is 37.8 Å². The number of carbonyl (C=O) groups excluding carboxylic acids is 3. The molecule has 2 unspecified atom stereocenters. The number of terminal acetylenes is 1. The average molecular weight is 405 g/mol. The smallest absolute Gasteiger partial charge is 0.252 e. The van der Waals surface area contributed by atoms with Crippen LogP contribution in [0, 0.1) is 24.2 Å². The Morgan fingerprint density at radius 2 is 1.87 bits per heavy atom. The highest BCUT2D eigenvalue weighted by Gasteiger charge is 2.47. The topological polar surface area (TPSA) is 103 Å². The number of anilines is 1. The molecule has 2 N–H and O–H groups in total. The number of benzene rings is 1. The van der Waals surface area contributed by atoms with Crippen LogP contribution >= 0.6 is 0 Å². The zero-order valence-corrected chi connectivity index (χ0v) is 16.5. The van der Waals surface area contributed by atoms with Crippen LogP contribution in [0.25, 0.3) is 0 Å². The third kappa shape index (κ3) is 3.96. The quantitative estimate of drug-likeness (QED) is 0.394. The monoisotopic (exact) mass is 405 g/mol. The molecule has 2 heterocycles. The van der Waals surface area contributed by atoms with Crippen LogP contribution in [-0.4, -0.2) is 34.9 Å². The number of rotatable bonds is 8. The molecule has 1 aliphatic carbocycles. The first-order valence-electron chi connectivity index (χ1n) is 10.1. The van der Waals surface area contributed by atoms with Crippen LogP contribution in [-0.2, 0) is 9.59 Å². The van der Waals surface area contributed by atoms with E-state index in [2.05, 4.69) is 26.9 Å². The molecule has 1 aromatic rings. The zero-order valence-electron chi connectivity index (χ0n) is 16.5. The summed E-state index contributed by atoms with van der Waals surface area (Å²) in [5, 5.41) is 12.0. The molecule has 2 aliphatic heterocycles. The first-order chi connectivity index (χ1) is 14.5. The third-order valence-electron chi connectivity index (χ3n) is 5.74. The lowest BCUT2D eigenvalue weighted by Crippen LogP contribution is -2.36. The van der Waals surface area contributed by atoms with Crippen molar-refractivity contribution < 1.29 is 14.4 Å². The van der Waals surface area contributed by atoms with Gasteiger partial charge < -0.3 is 5.32 Å². The fourth-order valence-electron chi connectivity index (χ4n) is 3.92. The van der Waals surface area contributed by atoms with Crippen molar-refractivity contribution in [1.82, 2.24) is 10.3 Å². The number of carbonyl (C=O) groups is 3. The van der Waals surface area contributed by atoms with Gasteiger partial charge in [0.25, 0.3) is 17.7 Å². The van der Waals surface area contributed by atoms with Gasteiger partial charge in [0.1, 0.15) is 0 Å². The summed E-state index contributed by atoms with van der Waals surface area (Å²) < 4.78 is 0. The minimum atomic E-state index is -0.439. The summed E-state index contributed by atoms with van der Waals surface area (Å²) in [5.74, 6) is 1.27. The molecule has 8 heteroatoms. The van der Waals surface area contributed by atoms with E-state index in [0.29, 0.717) is 49.9 Å². The van der Waals surface area contributed by atoms with Crippen molar-refractivity contribution in [2.24, 2.45) is 22.1 Å². The molecule has 0 bridgehead atoms. The summed E-state index contributed by atoms with van der Waals surface area (Å²) in [6.45, 7) is 0.424. The maximum absolute atomic E-state index is 12.6. The molecule has 0 saturated carbocycles. The lowest BCUT2D eigenvalue weighted by molar-refractivity contribution is -0.138. The minimum absolute atomic E-state index is 0.224. The fourth-order valence-corrected chi connectivity index (χ4v) is 3.92. The molecule has 0 radical (unpaired) electrons. The molecule has 4 rings (SSSR count). The molecule has 2 atom stereocenters. The summed E-state index contributed by atoms with van der Waals surface area (Å²) in [6, 6.07) is 6.72. The highest BCUT2D eigenvalue weighted by molar-refractivity contribution is 6.06. The summed E-state index contributed by atoms with van der Waals surface area (Å²) in [4.78, 5) is 37.7. The maximum Gasteiger partial charge on any atom is 0.252 e. The van der Waals surface area contributed by atoms with Crippen LogP contribution in [0.3, 0.4) is 0 Å². The van der Waals surface area contributed by atoms with E-state index in [9.17, 15) is 14.4 Å².